The third kappa shape index (κ3) is 6.40. The second-order valence-electron chi connectivity index (χ2n) is 8.12. The molecule has 0 aliphatic heterocycles. The van der Waals surface area contributed by atoms with Gasteiger partial charge in [0, 0.05) is 33.1 Å². The number of aliphatic imine (C=N–C) groups is 1. The molecule has 1 saturated carbocycles. The zero-order chi connectivity index (χ0) is 19.7. The second-order valence-corrected chi connectivity index (χ2v) is 8.90. The lowest BCUT2D eigenvalue weighted by Gasteiger charge is -2.28. The molecule has 0 aromatic carbocycles. The molecule has 1 aromatic heterocycles. The Morgan fingerprint density at radius 3 is 2.59 bits per heavy atom. The van der Waals surface area contributed by atoms with Gasteiger partial charge in [0.1, 0.15) is 5.82 Å². The first-order valence-corrected chi connectivity index (χ1v) is 11.7. The highest BCUT2D eigenvalue weighted by atomic mass is 32.2. The lowest BCUT2D eigenvalue weighted by Crippen LogP contribution is -2.43. The summed E-state index contributed by atoms with van der Waals surface area (Å²) in [4.78, 5) is 4.39. The summed E-state index contributed by atoms with van der Waals surface area (Å²) < 4.78 is 2.27. The highest BCUT2D eigenvalue weighted by molar-refractivity contribution is 7.98. The van der Waals surface area contributed by atoms with Crippen molar-refractivity contribution in [3.05, 3.63) is 5.82 Å². The summed E-state index contributed by atoms with van der Waals surface area (Å²) in [7, 11) is 1.85. The molecule has 154 valence electrons. The fourth-order valence-corrected chi connectivity index (χ4v) is 4.45. The standard InChI is InChI=1S/C20H38N6S/c1-6-20(11-7-8-12-20)15-23-18(21-4)22-13-9-10-17-24-25-19(27-5)26(17)14-16(2)3/h16H,6-15H2,1-5H3,(H2,21,22,23). The molecular formula is C20H38N6S. The van der Waals surface area contributed by atoms with E-state index < -0.39 is 0 Å². The van der Waals surface area contributed by atoms with E-state index in [1.54, 1.807) is 11.8 Å². The van der Waals surface area contributed by atoms with Crippen LogP contribution in [0.2, 0.25) is 0 Å². The van der Waals surface area contributed by atoms with Crippen LogP contribution in [0.5, 0.6) is 0 Å². The number of thioether (sulfide) groups is 1. The molecule has 0 radical (unpaired) electrons. The summed E-state index contributed by atoms with van der Waals surface area (Å²) in [5, 5.41) is 16.8. The van der Waals surface area contributed by atoms with E-state index >= 15 is 0 Å². The maximum Gasteiger partial charge on any atom is 0.190 e. The first-order chi connectivity index (χ1) is 13.0. The van der Waals surface area contributed by atoms with Crippen LogP contribution in [0.1, 0.15) is 65.1 Å². The van der Waals surface area contributed by atoms with Crippen molar-refractivity contribution in [3.8, 4) is 0 Å². The smallest absolute Gasteiger partial charge is 0.190 e. The Hall–Kier alpha value is -1.24. The topological polar surface area (TPSA) is 67.1 Å². The minimum absolute atomic E-state index is 0.471. The largest absolute Gasteiger partial charge is 0.356 e. The van der Waals surface area contributed by atoms with Crippen molar-refractivity contribution in [2.45, 2.75) is 77.4 Å². The van der Waals surface area contributed by atoms with Gasteiger partial charge < -0.3 is 15.2 Å². The lowest BCUT2D eigenvalue weighted by molar-refractivity contribution is 0.283. The summed E-state index contributed by atoms with van der Waals surface area (Å²) in [6, 6.07) is 0. The van der Waals surface area contributed by atoms with Crippen LogP contribution in [0.4, 0.5) is 0 Å². The van der Waals surface area contributed by atoms with Gasteiger partial charge >= 0.3 is 0 Å². The van der Waals surface area contributed by atoms with Gasteiger partial charge in [0.05, 0.1) is 0 Å². The predicted octanol–water partition coefficient (Wildman–Crippen LogP) is 3.72. The molecule has 0 saturated heterocycles. The molecule has 1 aliphatic carbocycles. The minimum Gasteiger partial charge on any atom is -0.356 e. The lowest BCUT2D eigenvalue weighted by atomic mass is 9.83. The van der Waals surface area contributed by atoms with Gasteiger partial charge in [-0.3, -0.25) is 4.99 Å². The fraction of sp³-hybridized carbons (Fsp3) is 0.850. The monoisotopic (exact) mass is 394 g/mol. The van der Waals surface area contributed by atoms with Gasteiger partial charge in [-0.15, -0.1) is 10.2 Å². The highest BCUT2D eigenvalue weighted by Crippen LogP contribution is 2.40. The second kappa shape index (κ2) is 10.9. The van der Waals surface area contributed by atoms with Crippen LogP contribution in [-0.4, -0.2) is 47.1 Å². The van der Waals surface area contributed by atoms with E-state index in [4.69, 9.17) is 0 Å². The number of guanidine groups is 1. The Morgan fingerprint density at radius 1 is 1.26 bits per heavy atom. The minimum atomic E-state index is 0.471. The zero-order valence-corrected chi connectivity index (χ0v) is 18.7. The van der Waals surface area contributed by atoms with Crippen LogP contribution in [0.15, 0.2) is 10.1 Å². The number of aromatic nitrogens is 3. The van der Waals surface area contributed by atoms with Gasteiger partial charge in [-0.1, -0.05) is 45.4 Å². The molecule has 7 heteroatoms. The molecule has 1 fully saturated rings. The SMILES string of the molecule is CCC1(CNC(=NC)NCCCc2nnc(SC)n2CC(C)C)CCCC1. The Balaban J connectivity index is 1.77. The number of hydrogen-bond donors (Lipinski definition) is 2. The average molecular weight is 395 g/mol. The molecule has 0 spiro atoms. The van der Waals surface area contributed by atoms with Crippen molar-refractivity contribution in [1.29, 1.82) is 0 Å². The van der Waals surface area contributed by atoms with Crippen LogP contribution in [0, 0.1) is 11.3 Å². The third-order valence-electron chi connectivity index (χ3n) is 5.66. The van der Waals surface area contributed by atoms with Crippen molar-refractivity contribution in [1.82, 2.24) is 25.4 Å². The first kappa shape index (κ1) is 22.1. The molecule has 6 nitrogen and oxygen atoms in total. The van der Waals surface area contributed by atoms with E-state index in [1.165, 1.54) is 32.1 Å². The van der Waals surface area contributed by atoms with Gasteiger partial charge in [-0.2, -0.15) is 0 Å². The van der Waals surface area contributed by atoms with Crippen molar-refractivity contribution in [3.63, 3.8) is 0 Å². The molecule has 0 bridgehead atoms. The summed E-state index contributed by atoms with van der Waals surface area (Å²) in [6.07, 6.45) is 10.7. The van der Waals surface area contributed by atoms with Crippen molar-refractivity contribution >= 4 is 17.7 Å². The van der Waals surface area contributed by atoms with Crippen molar-refractivity contribution in [2.24, 2.45) is 16.3 Å². The van der Waals surface area contributed by atoms with E-state index in [2.05, 4.69) is 57.4 Å². The van der Waals surface area contributed by atoms with Crippen molar-refractivity contribution < 1.29 is 0 Å². The average Bonchev–Trinajstić information content (AvgIpc) is 3.28. The summed E-state index contributed by atoms with van der Waals surface area (Å²) >= 11 is 1.67. The Bertz CT molecular complexity index is 589. The highest BCUT2D eigenvalue weighted by Gasteiger charge is 2.31. The van der Waals surface area contributed by atoms with Crippen LogP contribution in [0.3, 0.4) is 0 Å². The molecule has 1 aromatic rings. The van der Waals surface area contributed by atoms with Gasteiger partial charge in [-0.05, 0) is 43.3 Å². The number of nitrogens with one attached hydrogen (secondary N) is 2. The molecule has 0 amide bonds. The van der Waals surface area contributed by atoms with Crippen LogP contribution < -0.4 is 10.6 Å². The number of hydrogen-bond acceptors (Lipinski definition) is 4. The fourth-order valence-electron chi connectivity index (χ4n) is 3.93. The van der Waals surface area contributed by atoms with Crippen molar-refractivity contribution in [2.75, 3.05) is 26.4 Å². The molecule has 2 N–H and O–H groups in total. The van der Waals surface area contributed by atoms with E-state index in [9.17, 15) is 0 Å². The number of rotatable bonds is 10. The van der Waals surface area contributed by atoms with E-state index in [1.807, 2.05) is 7.05 Å². The van der Waals surface area contributed by atoms with Gasteiger partial charge in [0.25, 0.3) is 0 Å². The maximum absolute atomic E-state index is 4.40. The van der Waals surface area contributed by atoms with E-state index in [0.29, 0.717) is 11.3 Å². The first-order valence-electron chi connectivity index (χ1n) is 10.4. The Morgan fingerprint density at radius 2 is 2.00 bits per heavy atom. The molecule has 0 atom stereocenters. The van der Waals surface area contributed by atoms with Gasteiger partial charge in [0.2, 0.25) is 0 Å². The predicted molar refractivity (Wildman–Crippen MR) is 116 cm³/mol. The van der Waals surface area contributed by atoms with Crippen LogP contribution >= 0.6 is 11.8 Å². The molecule has 1 aliphatic rings. The molecule has 0 unspecified atom stereocenters. The van der Waals surface area contributed by atoms with Crippen LogP contribution in [-0.2, 0) is 13.0 Å². The molecular weight excluding hydrogens is 356 g/mol. The van der Waals surface area contributed by atoms with E-state index in [-0.39, 0.29) is 0 Å². The molecule has 27 heavy (non-hydrogen) atoms. The maximum atomic E-state index is 4.40. The Kier molecular flexibility index (Phi) is 8.93. The van der Waals surface area contributed by atoms with Gasteiger partial charge in [0.15, 0.2) is 11.1 Å². The number of aryl methyl sites for hydroxylation is 1. The number of nitrogens with zero attached hydrogens (tertiary/aromatic N) is 4. The zero-order valence-electron chi connectivity index (χ0n) is 17.8. The quantitative estimate of drug-likeness (QED) is 0.274. The van der Waals surface area contributed by atoms with E-state index in [0.717, 1.165) is 49.4 Å². The molecule has 2 rings (SSSR count). The van der Waals surface area contributed by atoms with Crippen LogP contribution in [0.25, 0.3) is 0 Å². The normalized spacial score (nSPS) is 16.9. The summed E-state index contributed by atoms with van der Waals surface area (Å²) in [5.41, 5.74) is 0.471. The third-order valence-corrected chi connectivity index (χ3v) is 6.33. The van der Waals surface area contributed by atoms with Gasteiger partial charge in [-0.25, -0.2) is 0 Å². The molecule has 1 heterocycles. The summed E-state index contributed by atoms with van der Waals surface area (Å²) in [6.45, 7) is 9.69. The Labute approximate surface area is 169 Å². The summed E-state index contributed by atoms with van der Waals surface area (Å²) in [5.74, 6) is 2.60.